The maximum Gasteiger partial charge on any atom is 0.460 e. The van der Waals surface area contributed by atoms with E-state index >= 15 is 0 Å². The van der Waals surface area contributed by atoms with Crippen LogP contribution >= 0.6 is 11.6 Å². The molecule has 1 aliphatic heterocycles. The van der Waals surface area contributed by atoms with Gasteiger partial charge in [-0.05, 0) is 11.6 Å². The van der Waals surface area contributed by atoms with Crippen LogP contribution in [0.1, 0.15) is 22.0 Å². The number of hydrogen-bond acceptors (Lipinski definition) is 4. The van der Waals surface area contributed by atoms with E-state index in [1.165, 1.54) is 11.0 Å². The number of nitrogens with zero attached hydrogens (tertiary/aromatic N) is 3. The molecule has 28 heavy (non-hydrogen) atoms. The van der Waals surface area contributed by atoms with Gasteiger partial charge in [-0.2, -0.15) is 13.2 Å². The predicted molar refractivity (Wildman–Crippen MR) is 96.0 cm³/mol. The molecule has 0 spiro atoms. The van der Waals surface area contributed by atoms with E-state index in [1.807, 2.05) is 0 Å². The van der Waals surface area contributed by atoms with Crippen LogP contribution in [0.25, 0.3) is 0 Å². The molecular formula is C18H15ClF3N3O3. The summed E-state index contributed by atoms with van der Waals surface area (Å²) in [5, 5.41) is 11.0. The number of carbonyl (C=O) groups excluding carboxylic acids is 1. The molecular weight excluding hydrogens is 399 g/mol. The van der Waals surface area contributed by atoms with Crippen molar-refractivity contribution in [2.75, 3.05) is 19.6 Å². The Morgan fingerprint density at radius 2 is 1.82 bits per heavy atom. The van der Waals surface area contributed by atoms with Crippen LogP contribution < -0.4 is 0 Å². The molecule has 2 aromatic carbocycles. The first kappa shape index (κ1) is 20.1. The zero-order valence-electron chi connectivity index (χ0n) is 14.4. The molecule has 1 saturated heterocycles. The van der Waals surface area contributed by atoms with Gasteiger partial charge in [0.25, 0.3) is 11.6 Å². The number of non-ortho nitro benzene ring substituents is 1. The topological polar surface area (TPSA) is 66.7 Å². The lowest BCUT2D eigenvalue weighted by Crippen LogP contribution is -2.54. The maximum atomic E-state index is 13.2. The highest BCUT2D eigenvalue weighted by molar-refractivity contribution is 6.34. The van der Waals surface area contributed by atoms with E-state index in [0.29, 0.717) is 10.5 Å². The minimum atomic E-state index is -4.52. The zero-order chi connectivity index (χ0) is 20.5. The van der Waals surface area contributed by atoms with Crippen molar-refractivity contribution in [2.24, 2.45) is 0 Å². The van der Waals surface area contributed by atoms with Crippen molar-refractivity contribution in [1.82, 2.24) is 9.80 Å². The first-order valence-electron chi connectivity index (χ1n) is 8.30. The number of alkyl halides is 3. The van der Waals surface area contributed by atoms with Crippen LogP contribution in [0, 0.1) is 10.1 Å². The van der Waals surface area contributed by atoms with Gasteiger partial charge in [0.1, 0.15) is 0 Å². The average molecular weight is 414 g/mol. The Morgan fingerprint density at radius 3 is 2.43 bits per heavy atom. The largest absolute Gasteiger partial charge is 0.460 e. The average Bonchev–Trinajstić information content (AvgIpc) is 2.67. The van der Waals surface area contributed by atoms with Gasteiger partial charge in [-0.15, -0.1) is 0 Å². The lowest BCUT2D eigenvalue weighted by molar-refractivity contribution is -0.384. The molecule has 10 heteroatoms. The summed E-state index contributed by atoms with van der Waals surface area (Å²) in [7, 11) is 0. The minimum Gasteiger partial charge on any atom is -0.329 e. The first-order chi connectivity index (χ1) is 13.2. The monoisotopic (exact) mass is 413 g/mol. The van der Waals surface area contributed by atoms with Crippen LogP contribution in [-0.2, 0) is 0 Å². The second-order valence-electron chi connectivity index (χ2n) is 6.26. The smallest absolute Gasteiger partial charge is 0.329 e. The molecule has 0 N–H and O–H groups in total. The standard InChI is InChI=1S/C18H15ClF3N3O3/c19-15-7-6-13(25(27)28)10-14(15)17(26)24-9-8-23(18(20,21)22)11-16(24)12-4-2-1-3-5-12/h1-7,10,16H,8-9,11H2. The van der Waals surface area contributed by atoms with Gasteiger partial charge in [0.2, 0.25) is 0 Å². The van der Waals surface area contributed by atoms with E-state index < -0.39 is 36.3 Å². The molecule has 6 nitrogen and oxygen atoms in total. The highest BCUT2D eigenvalue weighted by Gasteiger charge is 2.44. The summed E-state index contributed by atoms with van der Waals surface area (Å²) >= 11 is 6.05. The quantitative estimate of drug-likeness (QED) is 0.428. The van der Waals surface area contributed by atoms with Crippen molar-refractivity contribution < 1.29 is 22.9 Å². The van der Waals surface area contributed by atoms with Crippen molar-refractivity contribution in [3.8, 4) is 0 Å². The number of halogens is 4. The molecule has 0 saturated carbocycles. The first-order valence-corrected chi connectivity index (χ1v) is 8.68. The normalized spacial score (nSPS) is 18.1. The molecule has 3 rings (SSSR count). The summed E-state index contributed by atoms with van der Waals surface area (Å²) in [5.41, 5.74) is 0.0987. The minimum absolute atomic E-state index is 0.000614. The molecule has 2 aromatic rings. The molecule has 0 bridgehead atoms. The fourth-order valence-electron chi connectivity index (χ4n) is 3.16. The third kappa shape index (κ3) is 4.10. The van der Waals surface area contributed by atoms with E-state index in [4.69, 9.17) is 11.6 Å². The van der Waals surface area contributed by atoms with Crippen LogP contribution in [0.5, 0.6) is 0 Å². The number of hydrogen-bond donors (Lipinski definition) is 0. The van der Waals surface area contributed by atoms with Gasteiger partial charge < -0.3 is 4.90 Å². The fourth-order valence-corrected chi connectivity index (χ4v) is 3.36. The summed E-state index contributed by atoms with van der Waals surface area (Å²) in [4.78, 5) is 25.0. The lowest BCUT2D eigenvalue weighted by Gasteiger charge is -2.42. The summed E-state index contributed by atoms with van der Waals surface area (Å²) < 4.78 is 39.6. The van der Waals surface area contributed by atoms with Crippen molar-refractivity contribution in [3.63, 3.8) is 0 Å². The molecule has 1 aliphatic rings. The van der Waals surface area contributed by atoms with Crippen molar-refractivity contribution in [3.05, 3.63) is 74.8 Å². The van der Waals surface area contributed by atoms with Gasteiger partial charge in [-0.25, -0.2) is 4.90 Å². The molecule has 1 unspecified atom stereocenters. The van der Waals surface area contributed by atoms with E-state index in [9.17, 15) is 28.1 Å². The summed E-state index contributed by atoms with van der Waals surface area (Å²) in [5.74, 6) is -0.649. The second kappa shape index (κ2) is 7.76. The summed E-state index contributed by atoms with van der Waals surface area (Å²) in [6.45, 7) is -1.03. The van der Waals surface area contributed by atoms with Crippen molar-refractivity contribution in [1.29, 1.82) is 0 Å². The Hall–Kier alpha value is -2.65. The van der Waals surface area contributed by atoms with Gasteiger partial charge in [-0.1, -0.05) is 41.9 Å². The van der Waals surface area contributed by atoms with Crippen LogP contribution in [0.4, 0.5) is 18.9 Å². The molecule has 1 heterocycles. The molecule has 0 radical (unpaired) electrons. The third-order valence-electron chi connectivity index (χ3n) is 4.58. The van der Waals surface area contributed by atoms with E-state index in [2.05, 4.69) is 0 Å². The number of benzene rings is 2. The Kier molecular flexibility index (Phi) is 5.57. The lowest BCUT2D eigenvalue weighted by atomic mass is 10.0. The van der Waals surface area contributed by atoms with Crippen LogP contribution in [0.15, 0.2) is 48.5 Å². The van der Waals surface area contributed by atoms with E-state index in [1.54, 1.807) is 30.3 Å². The second-order valence-corrected chi connectivity index (χ2v) is 6.67. The van der Waals surface area contributed by atoms with Gasteiger partial charge in [0, 0.05) is 31.8 Å². The van der Waals surface area contributed by atoms with E-state index in [-0.39, 0.29) is 22.8 Å². The summed E-state index contributed by atoms with van der Waals surface area (Å²) in [6.07, 6.45) is -4.52. The molecule has 148 valence electrons. The predicted octanol–water partition coefficient (Wildman–Crippen LogP) is 4.27. The number of nitro benzene ring substituents is 1. The molecule has 1 atom stereocenters. The van der Waals surface area contributed by atoms with Gasteiger partial charge in [0.05, 0.1) is 21.6 Å². The molecule has 0 aliphatic carbocycles. The highest BCUT2D eigenvalue weighted by atomic mass is 35.5. The van der Waals surface area contributed by atoms with E-state index in [0.717, 1.165) is 12.1 Å². The molecule has 0 aromatic heterocycles. The number of piperazine rings is 1. The highest BCUT2D eigenvalue weighted by Crippen LogP contribution is 2.34. The van der Waals surface area contributed by atoms with Crippen LogP contribution in [0.2, 0.25) is 5.02 Å². The van der Waals surface area contributed by atoms with Crippen molar-refractivity contribution >= 4 is 23.2 Å². The Bertz CT molecular complexity index is 893. The van der Waals surface area contributed by atoms with Gasteiger partial charge >= 0.3 is 6.30 Å². The number of nitro groups is 1. The Balaban J connectivity index is 1.98. The fraction of sp³-hybridized carbons (Fsp3) is 0.278. The summed E-state index contributed by atoms with van der Waals surface area (Å²) in [6, 6.07) is 10.9. The number of rotatable bonds is 3. The Labute approximate surface area is 163 Å². The molecule has 1 fully saturated rings. The Morgan fingerprint density at radius 1 is 1.14 bits per heavy atom. The number of carbonyl (C=O) groups is 1. The van der Waals surface area contributed by atoms with Crippen molar-refractivity contribution in [2.45, 2.75) is 12.3 Å². The zero-order valence-corrected chi connectivity index (χ0v) is 15.2. The molecule has 1 amide bonds. The van der Waals surface area contributed by atoms with Gasteiger partial charge in [-0.3, -0.25) is 14.9 Å². The number of amides is 1. The SMILES string of the molecule is O=C(c1cc([N+](=O)[O-])ccc1Cl)N1CCN(C(F)(F)F)CC1c1ccccc1. The maximum absolute atomic E-state index is 13.2. The van der Waals surface area contributed by atoms with Gasteiger partial charge in [0.15, 0.2) is 0 Å². The third-order valence-corrected chi connectivity index (χ3v) is 4.90. The van der Waals surface area contributed by atoms with Crippen LogP contribution in [-0.4, -0.2) is 46.6 Å². The van der Waals surface area contributed by atoms with Crippen LogP contribution in [0.3, 0.4) is 0 Å².